The Morgan fingerprint density at radius 3 is 2.29 bits per heavy atom. The van der Waals surface area contributed by atoms with Gasteiger partial charge in [0.1, 0.15) is 17.3 Å². The minimum atomic E-state index is -3.66. The van der Waals surface area contributed by atoms with E-state index in [0.717, 1.165) is 39.5 Å². The predicted molar refractivity (Wildman–Crippen MR) is 134 cm³/mol. The zero-order chi connectivity index (χ0) is 23.5. The fraction of sp³-hybridized carbons (Fsp3) is 0.0741. The summed E-state index contributed by atoms with van der Waals surface area (Å²) in [6.07, 6.45) is 0.616. The zero-order valence-electron chi connectivity index (χ0n) is 18.5. The maximum atomic E-state index is 12.7. The fourth-order valence-corrected chi connectivity index (χ4v) is 4.68. The smallest absolute Gasteiger partial charge is 0.261 e. The molecule has 1 heterocycles. The summed E-state index contributed by atoms with van der Waals surface area (Å²) in [7, 11) is -3.66. The van der Waals surface area contributed by atoms with Crippen molar-refractivity contribution in [3.63, 3.8) is 0 Å². The molecule has 170 valence electrons. The van der Waals surface area contributed by atoms with Crippen LogP contribution in [-0.2, 0) is 16.4 Å². The Kier molecular flexibility index (Phi) is 5.77. The first-order chi connectivity index (χ1) is 16.4. The molecule has 0 saturated carbocycles. The molecule has 34 heavy (non-hydrogen) atoms. The molecular weight excluding hydrogens is 446 g/mol. The van der Waals surface area contributed by atoms with Gasteiger partial charge >= 0.3 is 0 Å². The second-order valence-electron chi connectivity index (χ2n) is 8.07. The number of aryl methyl sites for hydroxylation is 1. The molecule has 2 N–H and O–H groups in total. The van der Waals surface area contributed by atoms with Gasteiger partial charge in [-0.1, -0.05) is 48.0 Å². The third kappa shape index (κ3) is 4.94. The van der Waals surface area contributed by atoms with Gasteiger partial charge in [-0.15, -0.1) is 0 Å². The molecule has 7 heteroatoms. The number of hydrogen-bond acceptors (Lipinski definition) is 4. The van der Waals surface area contributed by atoms with E-state index < -0.39 is 10.0 Å². The number of hydrogen-bond donors (Lipinski definition) is 2. The minimum absolute atomic E-state index is 0.225. The van der Waals surface area contributed by atoms with Crippen LogP contribution in [-0.4, -0.2) is 18.4 Å². The van der Waals surface area contributed by atoms with Gasteiger partial charge in [-0.05, 0) is 67.1 Å². The van der Waals surface area contributed by atoms with E-state index in [0.29, 0.717) is 12.1 Å². The van der Waals surface area contributed by atoms with Crippen LogP contribution in [0.4, 0.5) is 5.69 Å². The second-order valence-corrected chi connectivity index (χ2v) is 9.75. The van der Waals surface area contributed by atoms with Crippen molar-refractivity contribution in [1.82, 2.24) is 9.97 Å². The van der Waals surface area contributed by atoms with Gasteiger partial charge in [-0.2, -0.15) is 0 Å². The summed E-state index contributed by atoms with van der Waals surface area (Å²) in [5, 5.41) is 0. The SMILES string of the molecule is Cc1ccc(S(=O)(=O)Nc2ccc3nc(Cc4ccc(Oc5ccccc5)cc4)[nH]c3c2)cc1. The van der Waals surface area contributed by atoms with Crippen molar-refractivity contribution in [1.29, 1.82) is 0 Å². The first-order valence-electron chi connectivity index (χ1n) is 10.8. The summed E-state index contributed by atoms with van der Waals surface area (Å²) in [5.41, 5.74) is 4.11. The molecule has 0 fully saturated rings. The number of H-pyrrole nitrogens is 1. The Labute approximate surface area is 198 Å². The van der Waals surface area contributed by atoms with Gasteiger partial charge in [0, 0.05) is 6.42 Å². The van der Waals surface area contributed by atoms with E-state index in [1.807, 2.05) is 61.5 Å². The molecule has 0 atom stereocenters. The lowest BCUT2D eigenvalue weighted by Gasteiger charge is -2.08. The minimum Gasteiger partial charge on any atom is -0.457 e. The van der Waals surface area contributed by atoms with Crippen molar-refractivity contribution in [2.24, 2.45) is 0 Å². The molecule has 0 unspecified atom stereocenters. The van der Waals surface area contributed by atoms with Crippen LogP contribution in [0.25, 0.3) is 11.0 Å². The second kappa shape index (κ2) is 9.03. The maximum absolute atomic E-state index is 12.7. The maximum Gasteiger partial charge on any atom is 0.261 e. The Balaban J connectivity index is 1.29. The molecule has 6 nitrogen and oxygen atoms in total. The number of benzene rings is 4. The van der Waals surface area contributed by atoms with Crippen molar-refractivity contribution in [2.75, 3.05) is 4.72 Å². The molecule has 0 aliphatic heterocycles. The standard InChI is InChI=1S/C27H23N3O3S/c1-19-7-14-24(15-8-19)34(31,32)30-21-11-16-25-26(18-21)29-27(28-25)17-20-9-12-23(13-10-20)33-22-5-3-2-4-6-22/h2-16,18,30H,17H2,1H3,(H,28,29). The first-order valence-corrected chi connectivity index (χ1v) is 12.3. The van der Waals surface area contributed by atoms with Crippen molar-refractivity contribution in [3.05, 3.63) is 114 Å². The number of anilines is 1. The monoisotopic (exact) mass is 469 g/mol. The van der Waals surface area contributed by atoms with E-state index in [9.17, 15) is 8.42 Å². The summed E-state index contributed by atoms with van der Waals surface area (Å²) >= 11 is 0. The number of para-hydroxylation sites is 1. The normalized spacial score (nSPS) is 11.4. The highest BCUT2D eigenvalue weighted by Gasteiger charge is 2.14. The number of rotatable bonds is 7. The van der Waals surface area contributed by atoms with E-state index in [4.69, 9.17) is 4.74 Å². The number of aromatic nitrogens is 2. The van der Waals surface area contributed by atoms with Gasteiger partial charge in [-0.3, -0.25) is 4.72 Å². The van der Waals surface area contributed by atoms with Crippen molar-refractivity contribution in [2.45, 2.75) is 18.2 Å². The number of aromatic amines is 1. The van der Waals surface area contributed by atoms with Crippen LogP contribution in [0.2, 0.25) is 0 Å². The number of ether oxygens (including phenoxy) is 1. The molecule has 0 spiro atoms. The number of nitrogens with zero attached hydrogens (tertiary/aromatic N) is 1. The summed E-state index contributed by atoms with van der Waals surface area (Å²) in [6, 6.07) is 29.6. The first kappa shape index (κ1) is 21.7. The van der Waals surface area contributed by atoms with Crippen molar-refractivity contribution < 1.29 is 13.2 Å². The molecule has 0 radical (unpaired) electrons. The topological polar surface area (TPSA) is 84.1 Å². The lowest BCUT2D eigenvalue weighted by molar-refractivity contribution is 0.482. The average Bonchev–Trinajstić information content (AvgIpc) is 3.22. The molecule has 1 aromatic heterocycles. The molecule has 4 aromatic carbocycles. The molecular formula is C27H23N3O3S. The van der Waals surface area contributed by atoms with Crippen LogP contribution >= 0.6 is 0 Å². The van der Waals surface area contributed by atoms with Gasteiger partial charge < -0.3 is 9.72 Å². The van der Waals surface area contributed by atoms with Crippen LogP contribution in [0.1, 0.15) is 17.0 Å². The van der Waals surface area contributed by atoms with Crippen LogP contribution < -0.4 is 9.46 Å². The van der Waals surface area contributed by atoms with Crippen LogP contribution in [0.15, 0.2) is 102 Å². The van der Waals surface area contributed by atoms with E-state index in [-0.39, 0.29) is 4.90 Å². The third-order valence-corrected chi connectivity index (χ3v) is 6.79. The predicted octanol–water partition coefficient (Wildman–Crippen LogP) is 6.06. The number of nitrogens with one attached hydrogen (secondary N) is 2. The van der Waals surface area contributed by atoms with Gasteiger partial charge in [0.05, 0.1) is 21.6 Å². The quantitative estimate of drug-likeness (QED) is 0.304. The average molecular weight is 470 g/mol. The number of sulfonamides is 1. The van der Waals surface area contributed by atoms with E-state index in [1.54, 1.807) is 42.5 Å². The highest BCUT2D eigenvalue weighted by molar-refractivity contribution is 7.92. The van der Waals surface area contributed by atoms with E-state index >= 15 is 0 Å². The van der Waals surface area contributed by atoms with Crippen LogP contribution in [0, 0.1) is 6.92 Å². The van der Waals surface area contributed by atoms with Crippen LogP contribution in [0.5, 0.6) is 11.5 Å². The van der Waals surface area contributed by atoms with Gasteiger partial charge in [0.15, 0.2) is 0 Å². The molecule has 0 saturated heterocycles. The lowest BCUT2D eigenvalue weighted by Crippen LogP contribution is -2.12. The summed E-state index contributed by atoms with van der Waals surface area (Å²) in [6.45, 7) is 1.92. The highest BCUT2D eigenvalue weighted by atomic mass is 32.2. The van der Waals surface area contributed by atoms with E-state index in [2.05, 4.69) is 14.7 Å². The highest BCUT2D eigenvalue weighted by Crippen LogP contribution is 2.24. The van der Waals surface area contributed by atoms with E-state index in [1.165, 1.54) is 0 Å². The lowest BCUT2D eigenvalue weighted by atomic mass is 10.1. The Bertz CT molecular complexity index is 1530. The molecule has 0 bridgehead atoms. The fourth-order valence-electron chi connectivity index (χ4n) is 3.63. The summed E-state index contributed by atoms with van der Waals surface area (Å²) in [5.74, 6) is 2.36. The summed E-state index contributed by atoms with van der Waals surface area (Å²) in [4.78, 5) is 8.16. The molecule has 0 aliphatic carbocycles. The number of imidazole rings is 1. The van der Waals surface area contributed by atoms with Crippen molar-refractivity contribution >= 4 is 26.7 Å². The van der Waals surface area contributed by atoms with Gasteiger partial charge in [-0.25, -0.2) is 13.4 Å². The largest absolute Gasteiger partial charge is 0.457 e. The molecule has 0 aliphatic rings. The molecule has 5 aromatic rings. The van der Waals surface area contributed by atoms with Crippen LogP contribution in [0.3, 0.4) is 0 Å². The Morgan fingerprint density at radius 1 is 0.853 bits per heavy atom. The summed E-state index contributed by atoms with van der Waals surface area (Å²) < 4.78 is 33.9. The Morgan fingerprint density at radius 2 is 1.56 bits per heavy atom. The molecule has 5 rings (SSSR count). The molecule has 0 amide bonds. The Hall–Kier alpha value is -4.10. The van der Waals surface area contributed by atoms with Gasteiger partial charge in [0.25, 0.3) is 10.0 Å². The zero-order valence-corrected chi connectivity index (χ0v) is 19.3. The number of fused-ring (bicyclic) bond motifs is 1. The van der Waals surface area contributed by atoms with Gasteiger partial charge in [0.2, 0.25) is 0 Å². The third-order valence-electron chi connectivity index (χ3n) is 5.39. The van der Waals surface area contributed by atoms with Crippen molar-refractivity contribution in [3.8, 4) is 11.5 Å².